The molecule has 0 aliphatic heterocycles. The van der Waals surface area contributed by atoms with Crippen LogP contribution in [0.2, 0.25) is 0 Å². The molecule has 0 radical (unpaired) electrons. The van der Waals surface area contributed by atoms with Crippen molar-refractivity contribution in [1.82, 2.24) is 9.78 Å². The van der Waals surface area contributed by atoms with Crippen molar-refractivity contribution in [1.29, 1.82) is 0 Å². The highest BCUT2D eigenvalue weighted by Gasteiger charge is 2.29. The Balaban J connectivity index is 3.01. The second-order valence-corrected chi connectivity index (χ2v) is 3.94. The summed E-state index contributed by atoms with van der Waals surface area (Å²) in [5, 5.41) is 3.68. The number of carbonyl (C=O) groups excluding carboxylic acids is 2. The number of halogens is 3. The Morgan fingerprint density at radius 2 is 1.76 bits per heavy atom. The van der Waals surface area contributed by atoms with Gasteiger partial charge in [0.1, 0.15) is 5.69 Å². The van der Waals surface area contributed by atoms with Gasteiger partial charge >= 0.3 is 18.1 Å². The molecule has 0 fully saturated rings. The third-order valence-electron chi connectivity index (χ3n) is 2.36. The third-order valence-corrected chi connectivity index (χ3v) is 2.36. The van der Waals surface area contributed by atoms with Gasteiger partial charge in [-0.05, 0) is 13.8 Å². The zero-order valence-electron chi connectivity index (χ0n) is 11.6. The maximum absolute atomic E-state index is 12.3. The van der Waals surface area contributed by atoms with Gasteiger partial charge in [0.15, 0.2) is 5.69 Å². The highest BCUT2D eigenvalue weighted by atomic mass is 19.4. The molecule has 1 aromatic heterocycles. The molecule has 9 heteroatoms. The van der Waals surface area contributed by atoms with Crippen LogP contribution in [0.1, 0.15) is 41.2 Å². The topological polar surface area (TPSA) is 70.4 Å². The first-order valence-corrected chi connectivity index (χ1v) is 6.27. The monoisotopic (exact) mass is 308 g/mol. The Hall–Kier alpha value is -2.06. The summed E-state index contributed by atoms with van der Waals surface area (Å²) >= 11 is 0. The zero-order valence-corrected chi connectivity index (χ0v) is 11.6. The molecule has 0 saturated heterocycles. The number of hydrogen-bond donors (Lipinski definition) is 0. The van der Waals surface area contributed by atoms with Crippen LogP contribution in [0.5, 0.6) is 0 Å². The lowest BCUT2D eigenvalue weighted by atomic mass is 10.3. The second kappa shape index (κ2) is 7.09. The molecule has 0 N–H and O–H groups in total. The average Bonchev–Trinajstić information content (AvgIpc) is 2.80. The van der Waals surface area contributed by atoms with Crippen LogP contribution in [0.15, 0.2) is 6.07 Å². The van der Waals surface area contributed by atoms with Gasteiger partial charge in [0.05, 0.1) is 26.2 Å². The maximum atomic E-state index is 12.3. The van der Waals surface area contributed by atoms with E-state index in [0.717, 1.165) is 10.7 Å². The van der Waals surface area contributed by atoms with Crippen LogP contribution < -0.4 is 0 Å². The fourth-order valence-corrected chi connectivity index (χ4v) is 1.49. The SMILES string of the molecule is CCOC(=O)c1cc(C(=O)OCC)n(CCC(F)(F)F)n1. The van der Waals surface area contributed by atoms with Gasteiger partial charge in [-0.25, -0.2) is 9.59 Å². The highest BCUT2D eigenvalue weighted by molar-refractivity contribution is 5.93. The number of esters is 2. The van der Waals surface area contributed by atoms with E-state index < -0.39 is 31.1 Å². The molecule has 21 heavy (non-hydrogen) atoms. The Bertz CT molecular complexity index is 511. The van der Waals surface area contributed by atoms with E-state index >= 15 is 0 Å². The van der Waals surface area contributed by atoms with Gasteiger partial charge in [-0.1, -0.05) is 0 Å². The van der Waals surface area contributed by atoms with Gasteiger partial charge in [-0.15, -0.1) is 0 Å². The minimum atomic E-state index is -4.40. The van der Waals surface area contributed by atoms with Gasteiger partial charge in [0, 0.05) is 6.07 Å². The lowest BCUT2D eigenvalue weighted by molar-refractivity contribution is -0.137. The molecule has 118 valence electrons. The quantitative estimate of drug-likeness (QED) is 0.753. The number of nitrogens with zero attached hydrogens (tertiary/aromatic N) is 2. The number of aromatic nitrogens is 2. The number of alkyl halides is 3. The summed E-state index contributed by atoms with van der Waals surface area (Å²) in [5.74, 6) is -1.66. The molecule has 0 bridgehead atoms. The Morgan fingerprint density at radius 1 is 1.19 bits per heavy atom. The normalized spacial score (nSPS) is 11.3. The molecule has 1 aromatic rings. The maximum Gasteiger partial charge on any atom is 0.390 e. The Morgan fingerprint density at radius 3 is 2.29 bits per heavy atom. The van der Waals surface area contributed by atoms with Crippen molar-refractivity contribution in [3.63, 3.8) is 0 Å². The minimum absolute atomic E-state index is 0.0536. The standard InChI is InChI=1S/C12H15F3N2O4/c1-3-20-10(18)8-7-9(11(19)21-4-2)17(16-8)6-5-12(13,14)15/h7H,3-6H2,1-2H3. The lowest BCUT2D eigenvalue weighted by Crippen LogP contribution is -2.18. The van der Waals surface area contributed by atoms with Gasteiger partial charge in [-0.3, -0.25) is 4.68 Å². The predicted octanol–water partition coefficient (Wildman–Crippen LogP) is 2.19. The summed E-state index contributed by atoms with van der Waals surface area (Å²) in [6, 6.07) is 1.06. The van der Waals surface area contributed by atoms with Crippen LogP contribution in [0.4, 0.5) is 13.2 Å². The number of hydrogen-bond acceptors (Lipinski definition) is 5. The lowest BCUT2D eigenvalue weighted by Gasteiger charge is -2.08. The zero-order chi connectivity index (χ0) is 16.0. The van der Waals surface area contributed by atoms with E-state index in [1.54, 1.807) is 13.8 Å². The first-order valence-electron chi connectivity index (χ1n) is 6.27. The molecule has 6 nitrogen and oxygen atoms in total. The Labute approximate surface area is 118 Å². The first kappa shape index (κ1) is 17.0. The van der Waals surface area contributed by atoms with Crippen LogP contribution in [-0.2, 0) is 16.0 Å². The minimum Gasteiger partial charge on any atom is -0.461 e. The second-order valence-electron chi connectivity index (χ2n) is 3.94. The van der Waals surface area contributed by atoms with Crippen molar-refractivity contribution in [2.45, 2.75) is 33.0 Å². The van der Waals surface area contributed by atoms with Crippen molar-refractivity contribution in [2.75, 3.05) is 13.2 Å². The molecule has 0 aromatic carbocycles. The summed E-state index contributed by atoms with van der Waals surface area (Å²) < 4.78 is 47.0. The molecule has 0 spiro atoms. The number of carbonyl (C=O) groups is 2. The molecule has 0 atom stereocenters. The van der Waals surface area contributed by atoms with Crippen LogP contribution in [0, 0.1) is 0 Å². The summed E-state index contributed by atoms with van der Waals surface area (Å²) in [5.41, 5.74) is -0.453. The molecule has 1 rings (SSSR count). The van der Waals surface area contributed by atoms with Crippen molar-refractivity contribution >= 4 is 11.9 Å². The van der Waals surface area contributed by atoms with E-state index in [1.165, 1.54) is 0 Å². The van der Waals surface area contributed by atoms with Crippen LogP contribution in [0.25, 0.3) is 0 Å². The molecule has 0 saturated carbocycles. The van der Waals surface area contributed by atoms with Crippen LogP contribution in [0.3, 0.4) is 0 Å². The number of ether oxygens (including phenoxy) is 2. The van der Waals surface area contributed by atoms with E-state index in [9.17, 15) is 22.8 Å². The molecular formula is C12H15F3N2O4. The molecule has 0 unspecified atom stereocenters. The summed E-state index contributed by atoms with van der Waals surface area (Å²) in [6.45, 7) is 2.68. The van der Waals surface area contributed by atoms with E-state index in [-0.39, 0.29) is 24.6 Å². The fraction of sp³-hybridized carbons (Fsp3) is 0.583. The highest BCUT2D eigenvalue weighted by Crippen LogP contribution is 2.21. The van der Waals surface area contributed by atoms with E-state index in [4.69, 9.17) is 9.47 Å². The first-order chi connectivity index (χ1) is 9.78. The summed E-state index contributed by atoms with van der Waals surface area (Å²) in [6.07, 6.45) is -5.58. The third kappa shape index (κ3) is 5.09. The van der Waals surface area contributed by atoms with Gasteiger partial charge in [-0.2, -0.15) is 18.3 Å². The van der Waals surface area contributed by atoms with E-state index in [2.05, 4.69) is 5.10 Å². The summed E-state index contributed by atoms with van der Waals surface area (Å²) in [4.78, 5) is 23.2. The molecule has 1 heterocycles. The van der Waals surface area contributed by atoms with E-state index in [1.807, 2.05) is 0 Å². The predicted molar refractivity (Wildman–Crippen MR) is 64.8 cm³/mol. The van der Waals surface area contributed by atoms with Crippen molar-refractivity contribution in [2.24, 2.45) is 0 Å². The molecular weight excluding hydrogens is 293 g/mol. The van der Waals surface area contributed by atoms with E-state index in [0.29, 0.717) is 0 Å². The Kier molecular flexibility index (Phi) is 5.74. The number of aryl methyl sites for hydroxylation is 1. The van der Waals surface area contributed by atoms with Gasteiger partial charge in [0.2, 0.25) is 0 Å². The van der Waals surface area contributed by atoms with Crippen molar-refractivity contribution in [3.8, 4) is 0 Å². The smallest absolute Gasteiger partial charge is 0.390 e. The van der Waals surface area contributed by atoms with Gasteiger partial charge in [0.25, 0.3) is 0 Å². The van der Waals surface area contributed by atoms with Gasteiger partial charge < -0.3 is 9.47 Å². The summed E-state index contributed by atoms with van der Waals surface area (Å²) in [7, 11) is 0. The molecule has 0 amide bonds. The molecule has 0 aliphatic carbocycles. The fourth-order valence-electron chi connectivity index (χ4n) is 1.49. The molecule has 0 aliphatic rings. The van der Waals surface area contributed by atoms with Crippen molar-refractivity contribution in [3.05, 3.63) is 17.5 Å². The largest absolute Gasteiger partial charge is 0.461 e. The van der Waals surface area contributed by atoms with Crippen LogP contribution in [-0.4, -0.2) is 41.1 Å². The number of rotatable bonds is 6. The van der Waals surface area contributed by atoms with Crippen molar-refractivity contribution < 1.29 is 32.2 Å². The average molecular weight is 308 g/mol. The van der Waals surface area contributed by atoms with Crippen LogP contribution >= 0.6 is 0 Å².